The van der Waals surface area contributed by atoms with Crippen molar-refractivity contribution in [3.63, 3.8) is 0 Å². The van der Waals surface area contributed by atoms with Gasteiger partial charge in [0.25, 0.3) is 0 Å². The molecule has 0 heterocycles. The first-order valence-electron chi connectivity index (χ1n) is 7.02. The van der Waals surface area contributed by atoms with Crippen LogP contribution in [0.3, 0.4) is 0 Å². The molecule has 2 saturated carbocycles. The van der Waals surface area contributed by atoms with E-state index in [0.717, 1.165) is 23.9 Å². The van der Waals surface area contributed by atoms with Crippen molar-refractivity contribution in [3.8, 4) is 0 Å². The molecule has 0 saturated heterocycles. The number of likely N-dealkylation sites (N-methyl/N-ethyl adjacent to an activating group) is 2. The van der Waals surface area contributed by atoms with E-state index >= 15 is 0 Å². The molecule has 0 aromatic carbocycles. The van der Waals surface area contributed by atoms with Gasteiger partial charge in [-0.05, 0) is 65.0 Å². The molecule has 2 nitrogen and oxygen atoms in total. The van der Waals surface area contributed by atoms with E-state index in [1.165, 1.54) is 32.1 Å². The van der Waals surface area contributed by atoms with Crippen LogP contribution in [-0.4, -0.2) is 37.1 Å². The predicted octanol–water partition coefficient (Wildman–Crippen LogP) is 2.49. The summed E-state index contributed by atoms with van der Waals surface area (Å²) in [6, 6.07) is 2.25. The molecular formula is C14H28N2. The average molecular weight is 224 g/mol. The maximum atomic E-state index is 3.53. The van der Waals surface area contributed by atoms with Crippen molar-refractivity contribution in [1.29, 1.82) is 0 Å². The van der Waals surface area contributed by atoms with Crippen LogP contribution in [0.25, 0.3) is 0 Å². The van der Waals surface area contributed by atoms with Gasteiger partial charge >= 0.3 is 0 Å². The largest absolute Gasteiger partial charge is 0.315 e. The summed E-state index contributed by atoms with van der Waals surface area (Å²) in [6.07, 6.45) is 7.03. The highest BCUT2D eigenvalue weighted by atomic mass is 15.2. The van der Waals surface area contributed by atoms with Crippen molar-refractivity contribution < 1.29 is 0 Å². The van der Waals surface area contributed by atoms with Gasteiger partial charge in [0.05, 0.1) is 0 Å². The molecule has 16 heavy (non-hydrogen) atoms. The van der Waals surface area contributed by atoms with Gasteiger partial charge in [0.1, 0.15) is 0 Å². The molecule has 2 aliphatic rings. The number of rotatable bonds is 4. The van der Waals surface area contributed by atoms with Gasteiger partial charge in [-0.15, -0.1) is 0 Å². The minimum Gasteiger partial charge on any atom is -0.315 e. The summed E-state index contributed by atoms with van der Waals surface area (Å²) >= 11 is 0. The Kier molecular flexibility index (Phi) is 3.91. The maximum Gasteiger partial charge on any atom is 0.0251 e. The topological polar surface area (TPSA) is 15.3 Å². The number of hydrogen-bond donors (Lipinski definition) is 1. The van der Waals surface area contributed by atoms with Crippen molar-refractivity contribution >= 4 is 0 Å². The summed E-state index contributed by atoms with van der Waals surface area (Å²) in [6.45, 7) is 4.83. The fourth-order valence-electron chi connectivity index (χ4n) is 3.35. The van der Waals surface area contributed by atoms with E-state index in [-0.39, 0.29) is 0 Å². The van der Waals surface area contributed by atoms with Gasteiger partial charge in [-0.25, -0.2) is 0 Å². The Labute approximate surface area is 101 Å². The lowest BCUT2D eigenvalue weighted by Crippen LogP contribution is -2.53. The minimum absolute atomic E-state index is 0.711. The van der Waals surface area contributed by atoms with Gasteiger partial charge < -0.3 is 5.32 Å². The van der Waals surface area contributed by atoms with E-state index in [1.54, 1.807) is 0 Å². The van der Waals surface area contributed by atoms with Crippen LogP contribution in [0.1, 0.15) is 46.0 Å². The summed E-state index contributed by atoms with van der Waals surface area (Å²) in [5.41, 5.74) is 0. The first kappa shape index (κ1) is 12.4. The van der Waals surface area contributed by atoms with E-state index in [1.807, 2.05) is 0 Å². The van der Waals surface area contributed by atoms with Gasteiger partial charge in [0.2, 0.25) is 0 Å². The average Bonchev–Trinajstić information content (AvgIpc) is 3.11. The molecule has 1 N–H and O–H groups in total. The molecule has 0 amide bonds. The predicted molar refractivity (Wildman–Crippen MR) is 69.6 cm³/mol. The second-order valence-electron chi connectivity index (χ2n) is 6.12. The van der Waals surface area contributed by atoms with E-state index in [9.17, 15) is 0 Å². The smallest absolute Gasteiger partial charge is 0.0251 e. The standard InChI is InChI=1S/C14H28N2/c1-10-5-8-13(15-3)14(9-10)16(4)11(2)12-6-7-12/h10-15H,5-9H2,1-4H3. The Morgan fingerprint density at radius 3 is 2.44 bits per heavy atom. The fraction of sp³-hybridized carbons (Fsp3) is 1.00. The Morgan fingerprint density at radius 2 is 1.88 bits per heavy atom. The number of nitrogens with one attached hydrogen (secondary N) is 1. The van der Waals surface area contributed by atoms with Crippen LogP contribution in [0.5, 0.6) is 0 Å². The molecule has 2 heteroatoms. The van der Waals surface area contributed by atoms with Gasteiger partial charge in [-0.2, -0.15) is 0 Å². The Balaban J connectivity index is 1.97. The third kappa shape index (κ3) is 2.60. The summed E-state index contributed by atoms with van der Waals surface area (Å²) in [5, 5.41) is 3.53. The second-order valence-corrected chi connectivity index (χ2v) is 6.12. The quantitative estimate of drug-likeness (QED) is 0.789. The lowest BCUT2D eigenvalue weighted by molar-refractivity contribution is 0.0880. The Bertz CT molecular complexity index is 225. The van der Waals surface area contributed by atoms with E-state index in [0.29, 0.717) is 6.04 Å². The van der Waals surface area contributed by atoms with Crippen molar-refractivity contribution in [2.24, 2.45) is 11.8 Å². The Hall–Kier alpha value is -0.0800. The summed E-state index contributed by atoms with van der Waals surface area (Å²) in [7, 11) is 4.47. The third-order valence-corrected chi connectivity index (χ3v) is 4.92. The minimum atomic E-state index is 0.711. The lowest BCUT2D eigenvalue weighted by Gasteiger charge is -2.43. The van der Waals surface area contributed by atoms with E-state index in [4.69, 9.17) is 0 Å². The van der Waals surface area contributed by atoms with Crippen LogP contribution in [0, 0.1) is 11.8 Å². The first-order valence-corrected chi connectivity index (χ1v) is 7.02. The number of hydrogen-bond acceptors (Lipinski definition) is 2. The first-order chi connectivity index (χ1) is 7.63. The monoisotopic (exact) mass is 224 g/mol. The van der Waals surface area contributed by atoms with Crippen LogP contribution in [0.15, 0.2) is 0 Å². The summed E-state index contributed by atoms with van der Waals surface area (Å²) in [4.78, 5) is 2.66. The van der Waals surface area contributed by atoms with Crippen LogP contribution in [0.2, 0.25) is 0 Å². The highest BCUT2D eigenvalue weighted by molar-refractivity contribution is 4.93. The molecular weight excluding hydrogens is 196 g/mol. The second kappa shape index (κ2) is 5.05. The van der Waals surface area contributed by atoms with Crippen molar-refractivity contribution in [1.82, 2.24) is 10.2 Å². The fourth-order valence-corrected chi connectivity index (χ4v) is 3.35. The molecule has 94 valence electrons. The van der Waals surface area contributed by atoms with Crippen LogP contribution < -0.4 is 5.32 Å². The van der Waals surface area contributed by atoms with Crippen molar-refractivity contribution in [3.05, 3.63) is 0 Å². The zero-order chi connectivity index (χ0) is 11.7. The molecule has 0 radical (unpaired) electrons. The molecule has 2 aliphatic carbocycles. The van der Waals surface area contributed by atoms with Gasteiger partial charge in [0.15, 0.2) is 0 Å². The Morgan fingerprint density at radius 1 is 1.19 bits per heavy atom. The summed E-state index contributed by atoms with van der Waals surface area (Å²) in [5.74, 6) is 1.89. The molecule has 0 aromatic rings. The molecule has 2 rings (SSSR count). The highest BCUT2D eigenvalue weighted by Crippen LogP contribution is 2.37. The van der Waals surface area contributed by atoms with E-state index < -0.39 is 0 Å². The molecule has 0 aliphatic heterocycles. The molecule has 4 atom stereocenters. The molecule has 0 aromatic heterocycles. The SMILES string of the molecule is CNC1CCC(C)CC1N(C)C(C)C1CC1. The number of nitrogens with zero attached hydrogens (tertiary/aromatic N) is 1. The lowest BCUT2D eigenvalue weighted by atomic mass is 9.82. The third-order valence-electron chi connectivity index (χ3n) is 4.92. The highest BCUT2D eigenvalue weighted by Gasteiger charge is 2.37. The normalized spacial score (nSPS) is 37.7. The van der Waals surface area contributed by atoms with Gasteiger partial charge in [-0.1, -0.05) is 6.92 Å². The molecule has 0 bridgehead atoms. The zero-order valence-electron chi connectivity index (χ0n) is 11.4. The molecule has 2 fully saturated rings. The van der Waals surface area contributed by atoms with Crippen molar-refractivity contribution in [2.75, 3.05) is 14.1 Å². The molecule has 4 unspecified atom stereocenters. The van der Waals surface area contributed by atoms with E-state index in [2.05, 4.69) is 38.2 Å². The van der Waals surface area contributed by atoms with Gasteiger partial charge in [-0.3, -0.25) is 4.90 Å². The maximum absolute atomic E-state index is 3.53. The van der Waals surface area contributed by atoms with Gasteiger partial charge in [0, 0.05) is 18.1 Å². The van der Waals surface area contributed by atoms with Crippen LogP contribution >= 0.6 is 0 Å². The van der Waals surface area contributed by atoms with Crippen molar-refractivity contribution in [2.45, 2.75) is 64.1 Å². The van der Waals surface area contributed by atoms with Crippen LogP contribution in [-0.2, 0) is 0 Å². The van der Waals surface area contributed by atoms with Crippen LogP contribution in [0.4, 0.5) is 0 Å². The zero-order valence-corrected chi connectivity index (χ0v) is 11.4. The summed E-state index contributed by atoms with van der Waals surface area (Å²) < 4.78 is 0. The molecule has 0 spiro atoms.